The van der Waals surface area contributed by atoms with Gasteiger partial charge in [-0.3, -0.25) is 0 Å². The highest BCUT2D eigenvalue weighted by Crippen LogP contribution is 2.68. The molecule has 0 aromatic rings. The van der Waals surface area contributed by atoms with Crippen LogP contribution in [0.2, 0.25) is 0 Å². The first-order valence-corrected chi connectivity index (χ1v) is 11.9. The number of rotatable bonds is 4. The highest BCUT2D eigenvalue weighted by molar-refractivity contribution is 5.11. The van der Waals surface area contributed by atoms with Crippen molar-refractivity contribution in [1.82, 2.24) is 0 Å². The molecule has 4 saturated carbocycles. The molecule has 4 nitrogen and oxygen atoms in total. The second-order valence-corrected chi connectivity index (χ2v) is 10.8. The van der Waals surface area contributed by atoms with Gasteiger partial charge < -0.3 is 18.9 Å². The first-order chi connectivity index (χ1) is 13.6. The maximum absolute atomic E-state index is 6.16. The van der Waals surface area contributed by atoms with Crippen molar-refractivity contribution < 1.29 is 18.9 Å². The van der Waals surface area contributed by atoms with Gasteiger partial charge in [0.1, 0.15) is 0 Å². The van der Waals surface area contributed by atoms with Crippen molar-refractivity contribution in [3.05, 3.63) is 0 Å². The lowest BCUT2D eigenvalue weighted by Crippen LogP contribution is -2.58. The minimum absolute atomic E-state index is 0.258. The van der Waals surface area contributed by atoms with Crippen molar-refractivity contribution in [3.63, 3.8) is 0 Å². The molecule has 7 atom stereocenters. The van der Waals surface area contributed by atoms with E-state index in [0.29, 0.717) is 16.9 Å². The van der Waals surface area contributed by atoms with Crippen molar-refractivity contribution in [2.75, 3.05) is 34.0 Å². The summed E-state index contributed by atoms with van der Waals surface area (Å²) in [4.78, 5) is 0. The number of hydrogen-bond donors (Lipinski definition) is 0. The molecule has 0 aromatic heterocycles. The summed E-state index contributed by atoms with van der Waals surface area (Å²) in [6.07, 6.45) is 13.3. The van der Waals surface area contributed by atoms with Crippen molar-refractivity contribution in [3.8, 4) is 0 Å². The van der Waals surface area contributed by atoms with E-state index in [-0.39, 0.29) is 5.79 Å². The zero-order valence-corrected chi connectivity index (χ0v) is 18.2. The molecule has 1 aliphatic heterocycles. The number of hydrogen-bond acceptors (Lipinski definition) is 4. The molecule has 0 bridgehead atoms. The molecule has 0 radical (unpaired) electrons. The lowest BCUT2D eigenvalue weighted by atomic mass is 9.43. The van der Waals surface area contributed by atoms with E-state index < -0.39 is 0 Å². The summed E-state index contributed by atoms with van der Waals surface area (Å²) in [6, 6.07) is 0. The third-order valence-corrected chi connectivity index (χ3v) is 10.1. The smallest absolute Gasteiger partial charge is 0.168 e. The minimum atomic E-state index is -0.258. The first-order valence-electron chi connectivity index (χ1n) is 11.9. The Hall–Kier alpha value is -0.160. The Morgan fingerprint density at radius 1 is 0.893 bits per heavy atom. The van der Waals surface area contributed by atoms with E-state index in [1.807, 2.05) is 14.2 Å². The summed E-state index contributed by atoms with van der Waals surface area (Å²) in [5, 5.41) is 0. The molecule has 5 fully saturated rings. The summed E-state index contributed by atoms with van der Waals surface area (Å²) in [7, 11) is 3.81. The fourth-order valence-electron chi connectivity index (χ4n) is 8.89. The molecule has 1 heterocycles. The van der Waals surface area contributed by atoms with Gasteiger partial charge in [-0.05, 0) is 85.9 Å². The molecule has 5 rings (SSSR count). The van der Waals surface area contributed by atoms with Crippen LogP contribution in [0.3, 0.4) is 0 Å². The van der Waals surface area contributed by atoms with E-state index in [9.17, 15) is 0 Å². The predicted molar refractivity (Wildman–Crippen MR) is 108 cm³/mol. The van der Waals surface area contributed by atoms with E-state index in [0.717, 1.165) is 56.3 Å². The Morgan fingerprint density at radius 3 is 2.46 bits per heavy atom. The lowest BCUT2D eigenvalue weighted by molar-refractivity contribution is -0.237. The molecule has 4 aliphatic carbocycles. The van der Waals surface area contributed by atoms with Crippen LogP contribution in [0, 0.1) is 34.5 Å². The minimum Gasteiger partial charge on any atom is -0.385 e. The quantitative estimate of drug-likeness (QED) is 0.688. The fraction of sp³-hybridized carbons (Fsp3) is 1.00. The van der Waals surface area contributed by atoms with Crippen molar-refractivity contribution >= 4 is 0 Å². The normalized spacial score (nSPS) is 49.6. The van der Waals surface area contributed by atoms with Gasteiger partial charge in [-0.15, -0.1) is 0 Å². The summed E-state index contributed by atoms with van der Waals surface area (Å²) >= 11 is 0. The van der Waals surface area contributed by atoms with Gasteiger partial charge in [0.15, 0.2) is 5.79 Å². The molecule has 0 amide bonds. The molecule has 0 unspecified atom stereocenters. The summed E-state index contributed by atoms with van der Waals surface area (Å²) in [6.45, 7) is 5.00. The van der Waals surface area contributed by atoms with Crippen LogP contribution in [-0.4, -0.2) is 45.9 Å². The summed E-state index contributed by atoms with van der Waals surface area (Å²) in [5.41, 5.74) is 0.838. The van der Waals surface area contributed by atoms with Crippen LogP contribution >= 0.6 is 0 Å². The maximum atomic E-state index is 6.16. The van der Waals surface area contributed by atoms with Gasteiger partial charge in [-0.1, -0.05) is 6.92 Å². The summed E-state index contributed by atoms with van der Waals surface area (Å²) in [5.74, 6) is 3.07. The Kier molecular flexibility index (Phi) is 5.10. The zero-order chi connectivity index (χ0) is 19.4. The van der Waals surface area contributed by atoms with E-state index >= 15 is 0 Å². The van der Waals surface area contributed by atoms with Gasteiger partial charge in [-0.25, -0.2) is 0 Å². The van der Waals surface area contributed by atoms with Gasteiger partial charge in [-0.2, -0.15) is 0 Å². The van der Waals surface area contributed by atoms with Gasteiger partial charge >= 0.3 is 0 Å². The fourth-order valence-corrected chi connectivity index (χ4v) is 8.89. The van der Waals surface area contributed by atoms with Crippen molar-refractivity contribution in [2.45, 2.75) is 83.0 Å². The Labute approximate surface area is 171 Å². The van der Waals surface area contributed by atoms with Gasteiger partial charge in [0.25, 0.3) is 0 Å². The van der Waals surface area contributed by atoms with E-state index in [2.05, 4.69) is 6.92 Å². The third kappa shape index (κ3) is 2.77. The Bertz CT molecular complexity index is 573. The highest BCUT2D eigenvalue weighted by atomic mass is 16.7. The highest BCUT2D eigenvalue weighted by Gasteiger charge is 2.63. The van der Waals surface area contributed by atoms with Crippen LogP contribution in [0.5, 0.6) is 0 Å². The molecule has 5 aliphatic rings. The lowest BCUT2D eigenvalue weighted by Gasteiger charge is -2.63. The Morgan fingerprint density at radius 2 is 1.71 bits per heavy atom. The first kappa shape index (κ1) is 19.8. The van der Waals surface area contributed by atoms with Gasteiger partial charge in [0.05, 0.1) is 19.3 Å². The van der Waals surface area contributed by atoms with Crippen molar-refractivity contribution in [2.24, 2.45) is 34.5 Å². The van der Waals surface area contributed by atoms with Crippen LogP contribution in [0.15, 0.2) is 0 Å². The maximum Gasteiger partial charge on any atom is 0.168 e. The van der Waals surface area contributed by atoms with Crippen LogP contribution < -0.4 is 0 Å². The van der Waals surface area contributed by atoms with Crippen molar-refractivity contribution in [1.29, 1.82) is 0 Å². The average molecular weight is 393 g/mol. The zero-order valence-electron chi connectivity index (χ0n) is 18.2. The third-order valence-electron chi connectivity index (χ3n) is 10.1. The van der Waals surface area contributed by atoms with E-state index in [1.54, 1.807) is 0 Å². The second kappa shape index (κ2) is 7.21. The molecule has 1 spiro atoms. The standard InChI is InChI=1S/C24H40O4/c1-22-9-8-20-18(19(22)6-7-21(22)26-3)5-4-17-16-24(27-14-15-28-24)11-10-23(17,20)12-13-25-2/h17-21H,4-16H2,1-3H3/t17-,18-,19-,20-,21-,22-,23+/m0/s1. The van der Waals surface area contributed by atoms with Crippen LogP contribution in [0.25, 0.3) is 0 Å². The largest absolute Gasteiger partial charge is 0.385 e. The topological polar surface area (TPSA) is 36.9 Å². The molecule has 0 aromatic carbocycles. The van der Waals surface area contributed by atoms with Gasteiger partial charge in [0.2, 0.25) is 0 Å². The SMILES string of the molecule is COCC[C@]12CCC3(C[C@@H]1CC[C@H]1[C@@H]4CC[C@H](OC)[C@@]4(C)CC[C@@H]12)OCCO3. The molecule has 4 heteroatoms. The molecule has 0 N–H and O–H groups in total. The van der Waals surface area contributed by atoms with Crippen LogP contribution in [-0.2, 0) is 18.9 Å². The molecule has 28 heavy (non-hydrogen) atoms. The number of methoxy groups -OCH3 is 2. The van der Waals surface area contributed by atoms with E-state index in [4.69, 9.17) is 18.9 Å². The second-order valence-electron chi connectivity index (χ2n) is 10.8. The monoisotopic (exact) mass is 392 g/mol. The number of fused-ring (bicyclic) bond motifs is 5. The average Bonchev–Trinajstić information content (AvgIpc) is 3.30. The Balaban J connectivity index is 1.43. The molecule has 1 saturated heterocycles. The summed E-state index contributed by atoms with van der Waals surface area (Å²) < 4.78 is 23.9. The van der Waals surface area contributed by atoms with Crippen LogP contribution in [0.1, 0.15) is 71.1 Å². The van der Waals surface area contributed by atoms with E-state index in [1.165, 1.54) is 51.4 Å². The van der Waals surface area contributed by atoms with Crippen LogP contribution in [0.4, 0.5) is 0 Å². The predicted octanol–water partition coefficient (Wildman–Crippen LogP) is 4.80. The molecular weight excluding hydrogens is 352 g/mol. The van der Waals surface area contributed by atoms with Gasteiger partial charge in [0, 0.05) is 33.7 Å². The number of ether oxygens (including phenoxy) is 4. The molecular formula is C24H40O4. The molecule has 160 valence electrons.